The Hall–Kier alpha value is -2.66. The van der Waals surface area contributed by atoms with Crippen LogP contribution in [-0.4, -0.2) is 9.97 Å². The highest BCUT2D eigenvalue weighted by Gasteiger charge is 2.17. The molecule has 132 valence electrons. The molecule has 0 radical (unpaired) electrons. The molecule has 0 aliphatic carbocycles. The summed E-state index contributed by atoms with van der Waals surface area (Å²) in [6.45, 7) is 8.08. The van der Waals surface area contributed by atoms with Crippen LogP contribution in [0.15, 0.2) is 39.9 Å². The molecule has 0 saturated carbocycles. The Balaban J connectivity index is 2.16. The lowest BCUT2D eigenvalue weighted by Crippen LogP contribution is -2.15. The Labute approximate surface area is 154 Å². The van der Waals surface area contributed by atoms with Gasteiger partial charge < -0.3 is 9.97 Å². The van der Waals surface area contributed by atoms with Crippen LogP contribution in [0.3, 0.4) is 0 Å². The quantitative estimate of drug-likeness (QED) is 0.534. The number of aromatic amines is 2. The highest BCUT2D eigenvalue weighted by Crippen LogP contribution is 2.34. The van der Waals surface area contributed by atoms with Crippen LogP contribution in [0.5, 0.6) is 0 Å². The van der Waals surface area contributed by atoms with Gasteiger partial charge in [-0.1, -0.05) is 38.1 Å². The van der Waals surface area contributed by atoms with Crippen molar-refractivity contribution in [1.82, 2.24) is 9.97 Å². The minimum absolute atomic E-state index is 0.109. The second-order valence-electron chi connectivity index (χ2n) is 7.03. The third kappa shape index (κ3) is 2.51. The molecule has 0 atom stereocenters. The summed E-state index contributed by atoms with van der Waals surface area (Å²) < 4.78 is 0.667. The molecule has 0 spiro atoms. The van der Waals surface area contributed by atoms with E-state index in [0.717, 1.165) is 21.2 Å². The van der Waals surface area contributed by atoms with Crippen molar-refractivity contribution in [3.63, 3.8) is 0 Å². The number of aromatic nitrogens is 2. The van der Waals surface area contributed by atoms with Crippen molar-refractivity contribution in [2.75, 3.05) is 0 Å². The first kappa shape index (κ1) is 16.8. The zero-order valence-corrected chi connectivity index (χ0v) is 16.0. The van der Waals surface area contributed by atoms with Crippen LogP contribution < -0.4 is 11.1 Å². The van der Waals surface area contributed by atoms with Crippen LogP contribution >= 0.6 is 11.3 Å². The SMILES string of the molecule is Cc1cc2c(s1)c(=O)[nH]c1c(C)[nH]c(=O)c(-c3ccc(C(C)C)cc3)c12. The highest BCUT2D eigenvalue weighted by molar-refractivity contribution is 7.19. The lowest BCUT2D eigenvalue weighted by molar-refractivity contribution is 0.867. The Kier molecular flexibility index (Phi) is 3.84. The van der Waals surface area contributed by atoms with Gasteiger partial charge in [-0.3, -0.25) is 9.59 Å². The van der Waals surface area contributed by atoms with Gasteiger partial charge >= 0.3 is 0 Å². The Bertz CT molecular complexity index is 1260. The maximum absolute atomic E-state index is 12.9. The Morgan fingerprint density at radius 1 is 0.962 bits per heavy atom. The molecule has 2 N–H and O–H groups in total. The largest absolute Gasteiger partial charge is 0.324 e. The van der Waals surface area contributed by atoms with E-state index in [-0.39, 0.29) is 11.1 Å². The van der Waals surface area contributed by atoms with Gasteiger partial charge in [0, 0.05) is 21.3 Å². The van der Waals surface area contributed by atoms with Gasteiger partial charge in [-0.25, -0.2) is 0 Å². The first-order valence-electron chi connectivity index (χ1n) is 8.66. The molecule has 4 nitrogen and oxygen atoms in total. The van der Waals surface area contributed by atoms with E-state index in [0.29, 0.717) is 27.4 Å². The molecule has 1 aromatic carbocycles. The molecule has 3 aromatic heterocycles. The minimum atomic E-state index is -0.135. The van der Waals surface area contributed by atoms with Gasteiger partial charge in [0.1, 0.15) is 4.70 Å². The summed E-state index contributed by atoms with van der Waals surface area (Å²) >= 11 is 1.46. The Morgan fingerprint density at radius 2 is 1.65 bits per heavy atom. The molecule has 0 amide bonds. The molecule has 0 aliphatic rings. The van der Waals surface area contributed by atoms with Crippen LogP contribution in [-0.2, 0) is 0 Å². The maximum atomic E-state index is 12.9. The molecule has 0 fully saturated rings. The van der Waals surface area contributed by atoms with Crippen molar-refractivity contribution in [1.29, 1.82) is 0 Å². The number of hydrogen-bond acceptors (Lipinski definition) is 3. The van der Waals surface area contributed by atoms with Crippen LogP contribution in [0.25, 0.3) is 32.1 Å². The summed E-state index contributed by atoms with van der Waals surface area (Å²) in [5.74, 6) is 0.430. The standard InChI is InChI=1S/C21H20N2O2S/c1-10(2)13-5-7-14(8-6-13)16-17-15-9-11(3)26-19(15)21(25)23-18(17)12(4)22-20(16)24/h5-10H,1-4H3,(H,22,24)(H,23,25). The van der Waals surface area contributed by atoms with Crippen molar-refractivity contribution in [3.8, 4) is 11.1 Å². The number of thiophene rings is 1. The molecular formula is C21H20N2O2S. The number of rotatable bonds is 2. The van der Waals surface area contributed by atoms with Crippen LogP contribution in [0.2, 0.25) is 0 Å². The van der Waals surface area contributed by atoms with Gasteiger partial charge in [-0.15, -0.1) is 11.3 Å². The molecule has 4 rings (SSSR count). The van der Waals surface area contributed by atoms with E-state index in [1.54, 1.807) is 0 Å². The van der Waals surface area contributed by atoms with E-state index in [2.05, 4.69) is 35.9 Å². The topological polar surface area (TPSA) is 65.7 Å². The molecule has 0 aliphatic heterocycles. The summed E-state index contributed by atoms with van der Waals surface area (Å²) in [4.78, 5) is 32.3. The van der Waals surface area contributed by atoms with Gasteiger partial charge in [-0.05, 0) is 37.0 Å². The second kappa shape index (κ2) is 5.95. The summed E-state index contributed by atoms with van der Waals surface area (Å²) in [6.07, 6.45) is 0. The molecule has 0 bridgehead atoms. The third-order valence-electron chi connectivity index (χ3n) is 4.84. The third-order valence-corrected chi connectivity index (χ3v) is 5.89. The van der Waals surface area contributed by atoms with Crippen molar-refractivity contribution >= 4 is 32.3 Å². The number of H-pyrrole nitrogens is 2. The molecule has 4 aromatic rings. The summed E-state index contributed by atoms with van der Waals surface area (Å²) in [5.41, 5.74) is 3.83. The number of hydrogen-bond donors (Lipinski definition) is 2. The van der Waals surface area contributed by atoms with E-state index in [9.17, 15) is 9.59 Å². The fraction of sp³-hybridized carbons (Fsp3) is 0.238. The van der Waals surface area contributed by atoms with Gasteiger partial charge in [0.2, 0.25) is 0 Å². The van der Waals surface area contributed by atoms with E-state index in [4.69, 9.17) is 0 Å². The number of aryl methyl sites for hydroxylation is 2. The number of pyridine rings is 2. The van der Waals surface area contributed by atoms with Crippen molar-refractivity contribution in [3.05, 3.63) is 67.2 Å². The number of benzene rings is 1. The van der Waals surface area contributed by atoms with Crippen LogP contribution in [0.4, 0.5) is 0 Å². The molecule has 3 heterocycles. The lowest BCUT2D eigenvalue weighted by atomic mass is 9.96. The minimum Gasteiger partial charge on any atom is -0.324 e. The predicted octanol–water partition coefficient (Wildman–Crippen LogP) is 4.84. The lowest BCUT2D eigenvalue weighted by Gasteiger charge is -2.11. The number of fused-ring (bicyclic) bond motifs is 3. The zero-order chi connectivity index (χ0) is 18.6. The summed E-state index contributed by atoms with van der Waals surface area (Å²) in [6, 6.07) is 10.1. The van der Waals surface area contributed by atoms with Crippen molar-refractivity contribution in [2.45, 2.75) is 33.6 Å². The van der Waals surface area contributed by atoms with Gasteiger partial charge in [0.25, 0.3) is 11.1 Å². The first-order valence-corrected chi connectivity index (χ1v) is 9.48. The van der Waals surface area contributed by atoms with Gasteiger partial charge in [-0.2, -0.15) is 0 Å². The number of nitrogens with one attached hydrogen (secondary N) is 2. The molecule has 0 unspecified atom stereocenters. The highest BCUT2D eigenvalue weighted by atomic mass is 32.1. The van der Waals surface area contributed by atoms with Gasteiger partial charge in [0.15, 0.2) is 0 Å². The van der Waals surface area contributed by atoms with Crippen LogP contribution in [0.1, 0.15) is 35.9 Å². The normalized spacial score (nSPS) is 11.7. The summed E-state index contributed by atoms with van der Waals surface area (Å²) in [7, 11) is 0. The fourth-order valence-corrected chi connectivity index (χ4v) is 4.41. The Morgan fingerprint density at radius 3 is 2.31 bits per heavy atom. The van der Waals surface area contributed by atoms with E-state index < -0.39 is 0 Å². The average molecular weight is 364 g/mol. The fourth-order valence-electron chi connectivity index (χ4n) is 3.50. The van der Waals surface area contributed by atoms with Crippen molar-refractivity contribution in [2.24, 2.45) is 0 Å². The molecule has 26 heavy (non-hydrogen) atoms. The molecule has 5 heteroatoms. The molecular weight excluding hydrogens is 344 g/mol. The zero-order valence-electron chi connectivity index (χ0n) is 15.2. The predicted molar refractivity (Wildman–Crippen MR) is 110 cm³/mol. The monoisotopic (exact) mass is 364 g/mol. The average Bonchev–Trinajstić information content (AvgIpc) is 2.99. The summed E-state index contributed by atoms with van der Waals surface area (Å²) in [5, 5.41) is 1.67. The van der Waals surface area contributed by atoms with E-state index in [1.165, 1.54) is 16.9 Å². The molecule has 0 saturated heterocycles. The smallest absolute Gasteiger partial charge is 0.266 e. The van der Waals surface area contributed by atoms with E-state index in [1.807, 2.05) is 32.0 Å². The maximum Gasteiger partial charge on any atom is 0.266 e. The second-order valence-corrected chi connectivity index (χ2v) is 8.29. The van der Waals surface area contributed by atoms with Crippen molar-refractivity contribution < 1.29 is 0 Å². The van der Waals surface area contributed by atoms with Gasteiger partial charge in [0.05, 0.1) is 11.1 Å². The van der Waals surface area contributed by atoms with Crippen LogP contribution in [0, 0.1) is 13.8 Å². The first-order chi connectivity index (χ1) is 12.4. The van der Waals surface area contributed by atoms with E-state index >= 15 is 0 Å².